The van der Waals surface area contributed by atoms with Crippen LogP contribution in [0.25, 0.3) is 38.8 Å². The first-order valence-electron chi connectivity index (χ1n) is 20.5. The third-order valence-electron chi connectivity index (χ3n) is 13.4. The molecule has 2 aromatic heterocycles. The van der Waals surface area contributed by atoms with Gasteiger partial charge in [0.05, 0.1) is 11.0 Å². The number of ether oxygens (including phenoxy) is 2. The molecule has 0 N–H and O–H groups in total. The van der Waals surface area contributed by atoms with Crippen molar-refractivity contribution in [3.63, 3.8) is 0 Å². The molecule has 0 fully saturated rings. The van der Waals surface area contributed by atoms with Crippen molar-refractivity contribution in [2.45, 2.75) is 104 Å². The molecule has 7 aromatic rings. The average Bonchev–Trinajstić information content (AvgIpc) is 3.61. The van der Waals surface area contributed by atoms with E-state index >= 15 is 0 Å². The summed E-state index contributed by atoms with van der Waals surface area (Å²) in [6.45, 7) is 22.7. The van der Waals surface area contributed by atoms with Crippen molar-refractivity contribution in [3.8, 4) is 28.4 Å². The van der Waals surface area contributed by atoms with Crippen molar-refractivity contribution in [1.29, 1.82) is 0 Å². The van der Waals surface area contributed by atoms with Gasteiger partial charge >= 0.3 is 0 Å². The van der Waals surface area contributed by atoms with Gasteiger partial charge < -0.3 is 9.47 Å². The van der Waals surface area contributed by atoms with Crippen LogP contribution < -0.4 is 4.74 Å². The van der Waals surface area contributed by atoms with E-state index < -0.39 is 11.1 Å². The molecule has 3 aliphatic rings. The summed E-state index contributed by atoms with van der Waals surface area (Å²) in [5.74, 6) is 3.49. The number of benzene rings is 5. The zero-order chi connectivity index (χ0) is 39.8. The van der Waals surface area contributed by atoms with Crippen LogP contribution >= 0.6 is 0 Å². The largest absolute Gasteiger partial charge is 0.464 e. The fourth-order valence-corrected chi connectivity index (χ4v) is 9.77. The van der Waals surface area contributed by atoms with Crippen LogP contribution in [-0.2, 0) is 27.6 Å². The van der Waals surface area contributed by atoms with Crippen molar-refractivity contribution in [1.82, 2.24) is 9.55 Å². The maximum Gasteiger partial charge on any atom is 0.217 e. The van der Waals surface area contributed by atoms with Crippen LogP contribution in [0.15, 0.2) is 114 Å². The quantitative estimate of drug-likeness (QED) is 0.180. The van der Waals surface area contributed by atoms with E-state index in [1.807, 2.05) is 6.20 Å². The Bertz CT molecular complexity index is 2870. The molecule has 0 saturated heterocycles. The SMILES string of the molecule is Cc1cc2c3cc(C(C)(C)C)cc4c3n(c2cc1Oc1cc(C2=N[C@]3(C)Cc5ccccc5-c5ccccc5[C@]3(C)O2)cc(C(C)C)c1)-c1ncccc1C4(C)C. The van der Waals surface area contributed by atoms with Gasteiger partial charge in [0.15, 0.2) is 5.60 Å². The molecule has 2 aliphatic heterocycles. The Hall–Kier alpha value is -5.68. The second-order valence-corrected chi connectivity index (χ2v) is 18.9. The lowest BCUT2D eigenvalue weighted by molar-refractivity contribution is 0.0320. The molecular weight excluding hydrogens is 699 g/mol. The molecule has 0 radical (unpaired) electrons. The van der Waals surface area contributed by atoms with E-state index in [1.165, 1.54) is 55.2 Å². The first-order valence-corrected chi connectivity index (χ1v) is 20.5. The Morgan fingerprint density at radius 2 is 1.51 bits per heavy atom. The normalized spacial score (nSPS) is 20.4. The van der Waals surface area contributed by atoms with Gasteiger partial charge in [0.1, 0.15) is 22.9 Å². The zero-order valence-corrected chi connectivity index (χ0v) is 34.8. The number of pyridine rings is 1. The number of nitrogens with zero attached hydrogens (tertiary/aromatic N) is 3. The van der Waals surface area contributed by atoms with E-state index in [0.29, 0.717) is 5.90 Å². The van der Waals surface area contributed by atoms with Crippen LogP contribution in [0.5, 0.6) is 11.5 Å². The van der Waals surface area contributed by atoms with Crippen molar-refractivity contribution in [3.05, 3.63) is 154 Å². The van der Waals surface area contributed by atoms with Gasteiger partial charge in [0, 0.05) is 51.6 Å². The molecule has 0 spiro atoms. The van der Waals surface area contributed by atoms with Gasteiger partial charge in [0.25, 0.3) is 0 Å². The summed E-state index contributed by atoms with van der Waals surface area (Å²) in [6, 6.07) is 37.6. The number of rotatable bonds is 4. The summed E-state index contributed by atoms with van der Waals surface area (Å²) in [6.07, 6.45) is 2.68. The Labute approximate surface area is 336 Å². The molecule has 0 bridgehead atoms. The molecule has 0 unspecified atom stereocenters. The highest BCUT2D eigenvalue weighted by molar-refractivity contribution is 6.12. The third-order valence-corrected chi connectivity index (χ3v) is 13.4. The highest BCUT2D eigenvalue weighted by atomic mass is 16.5. The minimum atomic E-state index is -0.669. The maximum atomic E-state index is 7.15. The van der Waals surface area contributed by atoms with Crippen molar-refractivity contribution >= 4 is 27.7 Å². The van der Waals surface area contributed by atoms with Gasteiger partial charge in [-0.05, 0) is 107 Å². The van der Waals surface area contributed by atoms with Crippen LogP contribution in [0.4, 0.5) is 0 Å². The van der Waals surface area contributed by atoms with E-state index in [0.717, 1.165) is 45.9 Å². The predicted octanol–water partition coefficient (Wildman–Crippen LogP) is 13.0. The fourth-order valence-electron chi connectivity index (χ4n) is 9.77. The first kappa shape index (κ1) is 35.7. The predicted molar refractivity (Wildman–Crippen MR) is 234 cm³/mol. The minimum absolute atomic E-state index is 0.00527. The van der Waals surface area contributed by atoms with Gasteiger partial charge in [-0.1, -0.05) is 109 Å². The highest BCUT2D eigenvalue weighted by Gasteiger charge is 2.56. The minimum Gasteiger partial charge on any atom is -0.464 e. The summed E-state index contributed by atoms with van der Waals surface area (Å²) in [7, 11) is 0. The fraction of sp³-hybridized carbons (Fsp3) is 0.308. The van der Waals surface area contributed by atoms with Crippen LogP contribution in [-0.4, -0.2) is 21.0 Å². The summed E-state index contributed by atoms with van der Waals surface area (Å²) in [5, 5.41) is 2.47. The van der Waals surface area contributed by atoms with Crippen molar-refractivity contribution in [2.24, 2.45) is 4.99 Å². The van der Waals surface area contributed by atoms with Gasteiger partial charge in [-0.25, -0.2) is 9.98 Å². The van der Waals surface area contributed by atoms with Gasteiger partial charge in [-0.2, -0.15) is 0 Å². The lowest BCUT2D eigenvalue weighted by Crippen LogP contribution is -2.45. The second kappa shape index (κ2) is 11.9. The first-order chi connectivity index (χ1) is 27.1. The Morgan fingerprint density at radius 3 is 2.28 bits per heavy atom. The van der Waals surface area contributed by atoms with Crippen molar-refractivity contribution in [2.75, 3.05) is 0 Å². The molecule has 286 valence electrons. The Kier molecular flexibility index (Phi) is 7.47. The smallest absolute Gasteiger partial charge is 0.217 e. The number of aryl methyl sites for hydroxylation is 1. The van der Waals surface area contributed by atoms with Gasteiger partial charge in [0.2, 0.25) is 5.90 Å². The molecule has 5 nitrogen and oxygen atoms in total. The molecule has 10 rings (SSSR count). The Balaban J connectivity index is 1.12. The number of hydrogen-bond donors (Lipinski definition) is 0. The van der Waals surface area contributed by atoms with E-state index in [1.54, 1.807) is 0 Å². The van der Waals surface area contributed by atoms with Crippen LogP contribution in [0, 0.1) is 6.92 Å². The number of aromatic nitrogens is 2. The Morgan fingerprint density at radius 1 is 0.772 bits per heavy atom. The van der Waals surface area contributed by atoms with Crippen molar-refractivity contribution < 1.29 is 9.47 Å². The molecule has 5 heteroatoms. The van der Waals surface area contributed by atoms with Crippen LogP contribution in [0.3, 0.4) is 0 Å². The molecule has 2 atom stereocenters. The number of aliphatic imine (C=N–C) groups is 1. The molecule has 4 heterocycles. The van der Waals surface area contributed by atoms with E-state index in [2.05, 4.69) is 177 Å². The topological polar surface area (TPSA) is 48.6 Å². The third kappa shape index (κ3) is 5.13. The molecule has 5 aromatic carbocycles. The molecule has 0 saturated carbocycles. The summed E-state index contributed by atoms with van der Waals surface area (Å²) >= 11 is 0. The lowest BCUT2D eigenvalue weighted by Gasteiger charge is -2.37. The maximum absolute atomic E-state index is 7.15. The lowest BCUT2D eigenvalue weighted by atomic mass is 9.73. The number of fused-ring (bicyclic) bond motifs is 10. The van der Waals surface area contributed by atoms with E-state index in [4.69, 9.17) is 19.5 Å². The molecule has 57 heavy (non-hydrogen) atoms. The summed E-state index contributed by atoms with van der Waals surface area (Å²) in [5.41, 5.74) is 12.9. The summed E-state index contributed by atoms with van der Waals surface area (Å²) < 4.78 is 16.5. The molecular formula is C52H51N3O2. The number of hydrogen-bond acceptors (Lipinski definition) is 4. The second-order valence-electron chi connectivity index (χ2n) is 18.9. The van der Waals surface area contributed by atoms with Crippen LogP contribution in [0.2, 0.25) is 0 Å². The zero-order valence-electron chi connectivity index (χ0n) is 34.8. The van der Waals surface area contributed by atoms with Gasteiger partial charge in [-0.15, -0.1) is 0 Å². The van der Waals surface area contributed by atoms with Crippen LogP contribution in [0.1, 0.15) is 113 Å². The van der Waals surface area contributed by atoms with Gasteiger partial charge in [-0.3, -0.25) is 4.57 Å². The van der Waals surface area contributed by atoms with E-state index in [9.17, 15) is 0 Å². The molecule has 1 aliphatic carbocycles. The monoisotopic (exact) mass is 749 g/mol. The summed E-state index contributed by atoms with van der Waals surface area (Å²) in [4.78, 5) is 10.5. The highest BCUT2D eigenvalue weighted by Crippen LogP contribution is 2.53. The van der Waals surface area contributed by atoms with E-state index in [-0.39, 0.29) is 16.7 Å². The standard InChI is InChI=1S/C52H51N3O2/c1-30(2)33-23-34(48-54-51(9)29-32-16-11-12-17-37(32)38-18-13-14-19-41(38)52(51,10)57-48)25-36(24-33)56-45-28-44-39(22-31(45)3)40-26-35(49(4,5)6)27-43-46(40)55(44)47-42(50(43,7)8)20-15-21-53-47/h11-28,30H,29H2,1-10H3/t51-,52+/m1/s1. The average molecular weight is 750 g/mol. The molecule has 0 amide bonds.